The molecule has 0 amide bonds. The van der Waals surface area contributed by atoms with Gasteiger partial charge in [0, 0.05) is 56.6 Å². The van der Waals surface area contributed by atoms with E-state index in [2.05, 4.69) is 19.9 Å². The second kappa shape index (κ2) is 13.5. The highest BCUT2D eigenvalue weighted by atomic mass is 35.5. The van der Waals surface area contributed by atoms with Crippen LogP contribution in [0.25, 0.3) is 11.3 Å². The van der Waals surface area contributed by atoms with Crippen molar-refractivity contribution >= 4 is 29.3 Å². The lowest BCUT2D eigenvalue weighted by atomic mass is 9.71. The topological polar surface area (TPSA) is 162 Å². The first-order valence-corrected chi connectivity index (χ1v) is 16.9. The fourth-order valence-electron chi connectivity index (χ4n) is 6.53. The summed E-state index contributed by atoms with van der Waals surface area (Å²) >= 11 is 5.93. The van der Waals surface area contributed by atoms with Crippen molar-refractivity contribution in [2.24, 2.45) is 10.8 Å². The van der Waals surface area contributed by atoms with Gasteiger partial charge in [-0.05, 0) is 78.8 Å². The van der Waals surface area contributed by atoms with Gasteiger partial charge in [0.25, 0.3) is 0 Å². The maximum atomic E-state index is 12.1. The van der Waals surface area contributed by atoms with Crippen LogP contribution in [0.15, 0.2) is 72.8 Å². The molecule has 2 aliphatic rings. The number of rotatable bonds is 6. The number of carbonyl (C=O) groups is 3. The zero-order valence-electron chi connectivity index (χ0n) is 29.7. The average molecular weight is 721 g/mol. The second-order valence-corrected chi connectivity index (χ2v) is 14.5. The first-order valence-electron chi connectivity index (χ1n) is 16.6. The standard InChI is InChI=1S/C24H22N2O4.C16H15ClN2O3/c1-13-5-10-17-20(24(3,4)23(28)29)18-11-12-19(26-22(18)30-21(17)25-13)16-8-6-15(7-9-16)14(2)27;1-8-4-5-9-12(16(2,3)15(20)21)10-6-7-11(17)19-14(10)22-13(9)18-8/h5-12,20H,1-4H3,(H,28,29);4-7,12H,1-3H3,(H,20,21)/t20-;12-/m00/s1. The molecule has 12 heteroatoms. The van der Waals surface area contributed by atoms with Crippen LogP contribution in [0, 0.1) is 24.7 Å². The molecule has 4 aromatic heterocycles. The third kappa shape index (κ3) is 6.59. The SMILES string of the molecule is CC(=O)c1ccc(-c2ccc3c(n2)Oc2nc(C)ccc2[C@@H]3C(C)(C)C(=O)O)cc1.Cc1ccc2c(n1)Oc1nc(Cl)ccc1[C@H]2C(C)(C)C(=O)O. The van der Waals surface area contributed by atoms with E-state index in [-0.39, 0.29) is 5.78 Å². The Balaban J connectivity index is 0.000000187. The number of fused-ring (bicyclic) bond motifs is 4. The van der Waals surface area contributed by atoms with E-state index in [4.69, 9.17) is 21.1 Å². The van der Waals surface area contributed by atoms with Gasteiger partial charge in [0.1, 0.15) is 5.15 Å². The number of Topliss-reactive ketones (excluding diaryl/α,β-unsaturated/α-hetero) is 1. The molecule has 0 spiro atoms. The van der Waals surface area contributed by atoms with Crippen LogP contribution in [-0.2, 0) is 9.59 Å². The molecule has 0 saturated carbocycles. The lowest BCUT2D eigenvalue weighted by Crippen LogP contribution is -2.34. The maximum absolute atomic E-state index is 12.1. The number of aliphatic carboxylic acids is 2. The van der Waals surface area contributed by atoms with Gasteiger partial charge in [0.05, 0.1) is 16.5 Å². The Morgan fingerprint density at radius 3 is 1.44 bits per heavy atom. The third-order valence-corrected chi connectivity index (χ3v) is 9.78. The van der Waals surface area contributed by atoms with E-state index in [0.29, 0.717) is 51.1 Å². The number of carbonyl (C=O) groups excluding carboxylic acids is 1. The van der Waals surface area contributed by atoms with Crippen LogP contribution in [0.5, 0.6) is 23.5 Å². The zero-order valence-corrected chi connectivity index (χ0v) is 30.4. The van der Waals surface area contributed by atoms with Gasteiger partial charge in [0.15, 0.2) is 5.78 Å². The zero-order chi connectivity index (χ0) is 37.7. The number of ether oxygens (including phenoxy) is 2. The van der Waals surface area contributed by atoms with Gasteiger partial charge < -0.3 is 19.7 Å². The summed E-state index contributed by atoms with van der Waals surface area (Å²) in [7, 11) is 0. The molecule has 1 aromatic carbocycles. The number of carboxylic acid groups (broad SMARTS) is 2. The van der Waals surface area contributed by atoms with Crippen LogP contribution in [0.2, 0.25) is 5.15 Å². The predicted octanol–water partition coefficient (Wildman–Crippen LogP) is 8.79. The molecule has 5 aromatic rings. The molecule has 11 nitrogen and oxygen atoms in total. The third-order valence-electron chi connectivity index (χ3n) is 9.57. The minimum atomic E-state index is -1.09. The predicted molar refractivity (Wildman–Crippen MR) is 194 cm³/mol. The number of aryl methyl sites for hydroxylation is 2. The first-order chi connectivity index (χ1) is 24.5. The van der Waals surface area contributed by atoms with Crippen LogP contribution in [0.4, 0.5) is 0 Å². The molecule has 2 aliphatic heterocycles. The number of pyridine rings is 4. The molecule has 7 rings (SSSR count). The van der Waals surface area contributed by atoms with Gasteiger partial charge in [-0.25, -0.2) is 19.9 Å². The van der Waals surface area contributed by atoms with Crippen molar-refractivity contribution in [3.05, 3.63) is 117 Å². The molecule has 6 heterocycles. The molecule has 0 bridgehead atoms. The highest BCUT2D eigenvalue weighted by molar-refractivity contribution is 6.29. The quantitative estimate of drug-likeness (QED) is 0.127. The molecule has 0 unspecified atom stereocenters. The molecule has 2 N–H and O–H groups in total. The van der Waals surface area contributed by atoms with Gasteiger partial charge >= 0.3 is 11.9 Å². The van der Waals surface area contributed by atoms with E-state index in [0.717, 1.165) is 28.1 Å². The van der Waals surface area contributed by atoms with E-state index >= 15 is 0 Å². The second-order valence-electron chi connectivity index (χ2n) is 14.1. The Morgan fingerprint density at radius 2 is 1.00 bits per heavy atom. The Bertz CT molecular complexity index is 2200. The van der Waals surface area contributed by atoms with Gasteiger partial charge in [-0.15, -0.1) is 0 Å². The van der Waals surface area contributed by atoms with Gasteiger partial charge in [0.2, 0.25) is 23.5 Å². The smallest absolute Gasteiger partial charge is 0.310 e. The van der Waals surface area contributed by atoms with Crippen molar-refractivity contribution in [1.29, 1.82) is 0 Å². The molecule has 52 heavy (non-hydrogen) atoms. The van der Waals surface area contributed by atoms with E-state index in [1.807, 2.05) is 62.4 Å². The minimum absolute atomic E-state index is 0.0000727. The van der Waals surface area contributed by atoms with Crippen molar-refractivity contribution in [3.63, 3.8) is 0 Å². The molecule has 2 atom stereocenters. The van der Waals surface area contributed by atoms with Crippen LogP contribution < -0.4 is 9.47 Å². The van der Waals surface area contributed by atoms with Gasteiger partial charge in [-0.2, -0.15) is 0 Å². The molecule has 0 aliphatic carbocycles. The summed E-state index contributed by atoms with van der Waals surface area (Å²) in [6.45, 7) is 12.0. The molecule has 0 saturated heterocycles. The lowest BCUT2D eigenvalue weighted by Gasteiger charge is -2.35. The molecule has 266 valence electrons. The number of carboxylic acids is 2. The summed E-state index contributed by atoms with van der Waals surface area (Å²) in [5, 5.41) is 19.8. The summed E-state index contributed by atoms with van der Waals surface area (Å²) in [5.41, 5.74) is 4.47. The van der Waals surface area contributed by atoms with E-state index in [1.165, 1.54) is 6.92 Å². The van der Waals surface area contributed by atoms with Crippen molar-refractivity contribution in [1.82, 2.24) is 19.9 Å². The fraction of sp³-hybridized carbons (Fsp3) is 0.275. The van der Waals surface area contributed by atoms with Crippen molar-refractivity contribution in [2.75, 3.05) is 0 Å². The maximum Gasteiger partial charge on any atom is 0.310 e. The summed E-state index contributed by atoms with van der Waals surface area (Å²) in [6.07, 6.45) is 0. The molecule has 0 fully saturated rings. The van der Waals surface area contributed by atoms with Crippen LogP contribution in [0.1, 0.15) is 90.5 Å². The Kier molecular flexibility index (Phi) is 9.35. The van der Waals surface area contributed by atoms with Crippen molar-refractivity contribution in [2.45, 2.75) is 60.3 Å². The highest BCUT2D eigenvalue weighted by Gasteiger charge is 2.46. The number of nitrogens with zero attached hydrogens (tertiary/aromatic N) is 4. The number of hydrogen-bond donors (Lipinski definition) is 2. The summed E-state index contributed by atoms with van der Waals surface area (Å²) in [6, 6.07) is 21.8. The Labute approximate surface area is 305 Å². The minimum Gasteiger partial charge on any atom is -0.481 e. The van der Waals surface area contributed by atoms with Crippen LogP contribution in [-0.4, -0.2) is 47.9 Å². The van der Waals surface area contributed by atoms with Crippen molar-refractivity contribution in [3.8, 4) is 34.8 Å². The molecular formula is C40H37ClN4O7. The Hall–Kier alpha value is -5.68. The number of hydrogen-bond acceptors (Lipinski definition) is 9. The average Bonchev–Trinajstić information content (AvgIpc) is 3.09. The fourth-order valence-corrected chi connectivity index (χ4v) is 6.67. The summed E-state index contributed by atoms with van der Waals surface area (Å²) in [4.78, 5) is 53.1. The van der Waals surface area contributed by atoms with Crippen LogP contribution >= 0.6 is 11.6 Å². The van der Waals surface area contributed by atoms with Crippen LogP contribution in [0.3, 0.4) is 0 Å². The molecular weight excluding hydrogens is 684 g/mol. The summed E-state index contributed by atoms with van der Waals surface area (Å²) < 4.78 is 11.8. The van der Waals surface area contributed by atoms with E-state index in [1.54, 1.807) is 52.0 Å². The largest absolute Gasteiger partial charge is 0.481 e. The normalized spacial score (nSPS) is 15.6. The number of benzene rings is 1. The van der Waals surface area contributed by atoms with Crippen molar-refractivity contribution < 1.29 is 34.1 Å². The van der Waals surface area contributed by atoms with E-state index in [9.17, 15) is 24.6 Å². The summed E-state index contributed by atoms with van der Waals surface area (Å²) in [5.74, 6) is -1.22. The lowest BCUT2D eigenvalue weighted by molar-refractivity contribution is -0.148. The Morgan fingerprint density at radius 1 is 0.596 bits per heavy atom. The number of aromatic nitrogens is 4. The van der Waals surface area contributed by atoms with Gasteiger partial charge in [-0.1, -0.05) is 54.1 Å². The van der Waals surface area contributed by atoms with Gasteiger partial charge in [-0.3, -0.25) is 14.4 Å². The highest BCUT2D eigenvalue weighted by Crippen LogP contribution is 2.52. The number of halogens is 1. The first kappa shape index (κ1) is 36.1. The number of ketones is 1. The monoisotopic (exact) mass is 720 g/mol. The molecule has 0 radical (unpaired) electrons. The van der Waals surface area contributed by atoms with E-state index < -0.39 is 34.6 Å².